The van der Waals surface area contributed by atoms with Gasteiger partial charge in [-0.2, -0.15) is 5.26 Å². The molecule has 0 amide bonds. The minimum Gasteiger partial charge on any atom is -0.255 e. The van der Waals surface area contributed by atoms with Gasteiger partial charge in [0.2, 0.25) is 0 Å². The van der Waals surface area contributed by atoms with Gasteiger partial charge in [0.1, 0.15) is 0 Å². The minimum atomic E-state index is -0.157. The lowest BCUT2D eigenvalue weighted by Gasteiger charge is -2.17. The summed E-state index contributed by atoms with van der Waals surface area (Å²) in [7, 11) is 1.85. The Hall–Kier alpha value is -1.37. The van der Waals surface area contributed by atoms with E-state index < -0.39 is 0 Å². The lowest BCUT2D eigenvalue weighted by molar-refractivity contribution is 0.403. The summed E-state index contributed by atoms with van der Waals surface area (Å²) in [6.45, 7) is 0. The molecule has 4 nitrogen and oxygen atoms in total. The second kappa shape index (κ2) is 3.41. The summed E-state index contributed by atoms with van der Waals surface area (Å²) in [5.74, 6) is 0. The van der Waals surface area contributed by atoms with Crippen molar-refractivity contribution in [3.63, 3.8) is 0 Å². The Morgan fingerprint density at radius 1 is 1.57 bits per heavy atom. The number of nitrogens with zero attached hydrogens (tertiary/aromatic N) is 4. The highest BCUT2D eigenvalue weighted by molar-refractivity contribution is 5.09. The van der Waals surface area contributed by atoms with Crippen molar-refractivity contribution in [1.82, 2.24) is 15.0 Å². The van der Waals surface area contributed by atoms with Gasteiger partial charge in [-0.25, -0.2) is 0 Å². The van der Waals surface area contributed by atoms with Crippen LogP contribution in [-0.4, -0.2) is 15.0 Å². The Morgan fingerprint density at radius 3 is 2.79 bits per heavy atom. The van der Waals surface area contributed by atoms with Crippen molar-refractivity contribution < 1.29 is 0 Å². The monoisotopic (exact) mass is 190 g/mol. The first-order valence-corrected chi connectivity index (χ1v) is 5.01. The highest BCUT2D eigenvalue weighted by atomic mass is 15.4. The van der Waals surface area contributed by atoms with Crippen LogP contribution >= 0.6 is 0 Å². The van der Waals surface area contributed by atoms with Crippen LogP contribution in [0.4, 0.5) is 0 Å². The van der Waals surface area contributed by atoms with Gasteiger partial charge in [-0.3, -0.25) is 4.68 Å². The van der Waals surface area contributed by atoms with Crippen molar-refractivity contribution in [1.29, 1.82) is 5.26 Å². The predicted molar refractivity (Wildman–Crippen MR) is 51.2 cm³/mol. The molecule has 1 aliphatic carbocycles. The van der Waals surface area contributed by atoms with Gasteiger partial charge in [0, 0.05) is 19.7 Å². The second-order valence-corrected chi connectivity index (χ2v) is 4.16. The van der Waals surface area contributed by atoms with E-state index in [4.69, 9.17) is 0 Å². The Bertz CT molecular complexity index is 354. The number of rotatable bonds is 2. The number of aromatic nitrogens is 3. The van der Waals surface area contributed by atoms with Crippen LogP contribution in [0, 0.1) is 16.7 Å². The molecule has 74 valence electrons. The van der Waals surface area contributed by atoms with Gasteiger partial charge in [-0.1, -0.05) is 18.1 Å². The molecule has 0 N–H and O–H groups in total. The fourth-order valence-electron chi connectivity index (χ4n) is 2.20. The summed E-state index contributed by atoms with van der Waals surface area (Å²) in [5, 5.41) is 17.1. The van der Waals surface area contributed by atoms with Gasteiger partial charge < -0.3 is 0 Å². The molecule has 0 unspecified atom stereocenters. The Morgan fingerprint density at radius 2 is 2.29 bits per heavy atom. The first-order chi connectivity index (χ1) is 6.74. The molecule has 4 heteroatoms. The molecule has 1 aromatic heterocycles. The van der Waals surface area contributed by atoms with Crippen molar-refractivity contribution in [2.24, 2.45) is 12.5 Å². The zero-order valence-electron chi connectivity index (χ0n) is 8.40. The van der Waals surface area contributed by atoms with Crippen LogP contribution in [0.25, 0.3) is 0 Å². The van der Waals surface area contributed by atoms with Crippen LogP contribution < -0.4 is 0 Å². The summed E-state index contributed by atoms with van der Waals surface area (Å²) < 4.78 is 1.69. The van der Waals surface area contributed by atoms with E-state index in [1.54, 1.807) is 4.68 Å². The average Bonchev–Trinajstić information content (AvgIpc) is 2.77. The summed E-state index contributed by atoms with van der Waals surface area (Å²) in [6, 6.07) is 2.46. The largest absolute Gasteiger partial charge is 0.255 e. The highest BCUT2D eigenvalue weighted by Crippen LogP contribution is 2.39. The van der Waals surface area contributed by atoms with E-state index in [1.807, 2.05) is 13.2 Å². The molecule has 0 bridgehead atoms. The maximum Gasteiger partial charge on any atom is 0.0842 e. The van der Waals surface area contributed by atoms with Crippen molar-refractivity contribution in [3.8, 4) is 6.07 Å². The number of nitriles is 1. The Labute approximate surface area is 83.5 Å². The van der Waals surface area contributed by atoms with Crippen LogP contribution in [-0.2, 0) is 13.5 Å². The summed E-state index contributed by atoms with van der Waals surface area (Å²) in [5.41, 5.74) is 0.784. The highest BCUT2D eigenvalue weighted by Gasteiger charge is 2.34. The van der Waals surface area contributed by atoms with Crippen LogP contribution in [0.15, 0.2) is 6.20 Å². The SMILES string of the molecule is Cn1cc(CC2(C#N)CCCC2)nn1. The molecule has 0 atom stereocenters. The standard InChI is InChI=1S/C10H14N4/c1-14-7-9(12-13-14)6-10(8-11)4-2-3-5-10/h7H,2-6H2,1H3. The minimum absolute atomic E-state index is 0.157. The first-order valence-electron chi connectivity index (χ1n) is 5.01. The van der Waals surface area contributed by atoms with Gasteiger partial charge in [0.25, 0.3) is 0 Å². The maximum atomic E-state index is 9.18. The smallest absolute Gasteiger partial charge is 0.0842 e. The van der Waals surface area contributed by atoms with Crippen molar-refractivity contribution in [3.05, 3.63) is 11.9 Å². The summed E-state index contributed by atoms with van der Waals surface area (Å²) >= 11 is 0. The van der Waals surface area contributed by atoms with Crippen molar-refractivity contribution >= 4 is 0 Å². The number of hydrogen-bond donors (Lipinski definition) is 0. The van der Waals surface area contributed by atoms with E-state index in [2.05, 4.69) is 16.4 Å². The normalized spacial score (nSPS) is 19.4. The predicted octanol–water partition coefficient (Wildman–Crippen LogP) is 1.44. The Balaban J connectivity index is 2.13. The molecule has 1 heterocycles. The molecule has 2 rings (SSSR count). The molecule has 1 aliphatic rings. The number of hydrogen-bond acceptors (Lipinski definition) is 3. The molecular formula is C10H14N4. The summed E-state index contributed by atoms with van der Waals surface area (Å²) in [6.07, 6.45) is 7.04. The van der Waals surface area contributed by atoms with Crippen LogP contribution in [0.3, 0.4) is 0 Å². The topological polar surface area (TPSA) is 54.5 Å². The molecule has 1 fully saturated rings. The second-order valence-electron chi connectivity index (χ2n) is 4.16. The summed E-state index contributed by atoms with van der Waals surface area (Å²) in [4.78, 5) is 0. The van der Waals surface area contributed by atoms with Gasteiger partial charge >= 0.3 is 0 Å². The zero-order chi connectivity index (χ0) is 10.0. The van der Waals surface area contributed by atoms with Crippen LogP contribution in [0.2, 0.25) is 0 Å². The third-order valence-corrected chi connectivity index (χ3v) is 2.97. The molecule has 0 saturated heterocycles. The van der Waals surface area contributed by atoms with E-state index in [1.165, 1.54) is 12.8 Å². The fourth-order valence-corrected chi connectivity index (χ4v) is 2.20. The van der Waals surface area contributed by atoms with E-state index >= 15 is 0 Å². The lowest BCUT2D eigenvalue weighted by atomic mass is 9.83. The molecular weight excluding hydrogens is 176 g/mol. The quantitative estimate of drug-likeness (QED) is 0.709. The average molecular weight is 190 g/mol. The molecule has 0 radical (unpaired) electrons. The Kier molecular flexibility index (Phi) is 2.24. The van der Waals surface area contributed by atoms with E-state index in [9.17, 15) is 5.26 Å². The number of aryl methyl sites for hydroxylation is 1. The van der Waals surface area contributed by atoms with Crippen molar-refractivity contribution in [2.75, 3.05) is 0 Å². The zero-order valence-corrected chi connectivity index (χ0v) is 8.40. The molecule has 1 aromatic rings. The van der Waals surface area contributed by atoms with Gasteiger partial charge in [0.15, 0.2) is 0 Å². The van der Waals surface area contributed by atoms with Gasteiger partial charge in [-0.15, -0.1) is 5.10 Å². The molecule has 0 aliphatic heterocycles. The van der Waals surface area contributed by atoms with Crippen LogP contribution in [0.1, 0.15) is 31.4 Å². The molecule has 0 aromatic carbocycles. The van der Waals surface area contributed by atoms with Crippen LogP contribution in [0.5, 0.6) is 0 Å². The fraction of sp³-hybridized carbons (Fsp3) is 0.700. The van der Waals surface area contributed by atoms with Gasteiger partial charge in [-0.05, 0) is 12.8 Å². The lowest BCUT2D eigenvalue weighted by Crippen LogP contribution is -2.17. The molecule has 0 spiro atoms. The van der Waals surface area contributed by atoms with E-state index in [0.717, 1.165) is 25.0 Å². The van der Waals surface area contributed by atoms with Crippen molar-refractivity contribution in [2.45, 2.75) is 32.1 Å². The maximum absolute atomic E-state index is 9.18. The molecule has 1 saturated carbocycles. The third kappa shape index (κ3) is 1.63. The van der Waals surface area contributed by atoms with E-state index in [0.29, 0.717) is 0 Å². The first kappa shape index (κ1) is 9.20. The third-order valence-electron chi connectivity index (χ3n) is 2.97. The van der Waals surface area contributed by atoms with Gasteiger partial charge in [0.05, 0.1) is 17.2 Å². The van der Waals surface area contributed by atoms with E-state index in [-0.39, 0.29) is 5.41 Å². The molecule has 14 heavy (non-hydrogen) atoms.